The van der Waals surface area contributed by atoms with Gasteiger partial charge in [0.2, 0.25) is 5.91 Å². The number of carbonyl (C=O) groups is 1. The van der Waals surface area contributed by atoms with Gasteiger partial charge in [-0.1, -0.05) is 0 Å². The van der Waals surface area contributed by atoms with E-state index in [1.165, 1.54) is 9.35 Å². The van der Waals surface area contributed by atoms with Gasteiger partial charge in [-0.05, 0) is 45.9 Å². The summed E-state index contributed by atoms with van der Waals surface area (Å²) in [6.07, 6.45) is 0.900. The van der Waals surface area contributed by atoms with E-state index >= 15 is 0 Å². The fourth-order valence-corrected chi connectivity index (χ4v) is 3.10. The minimum atomic E-state index is -0.165. The van der Waals surface area contributed by atoms with Crippen molar-refractivity contribution in [3.63, 3.8) is 0 Å². The molecule has 0 bridgehead atoms. The van der Waals surface area contributed by atoms with E-state index < -0.39 is 0 Å². The molecule has 1 aliphatic heterocycles. The Kier molecular flexibility index (Phi) is 3.43. The van der Waals surface area contributed by atoms with Gasteiger partial charge in [-0.3, -0.25) is 9.69 Å². The highest BCUT2D eigenvalue weighted by Crippen LogP contribution is 2.26. The molecule has 0 aromatic carbocycles. The van der Waals surface area contributed by atoms with Gasteiger partial charge in [-0.15, -0.1) is 11.3 Å². The van der Waals surface area contributed by atoms with Gasteiger partial charge in [0.05, 0.1) is 9.70 Å². The van der Waals surface area contributed by atoms with Crippen LogP contribution in [0.4, 0.5) is 0 Å². The highest BCUT2D eigenvalue weighted by Gasteiger charge is 2.26. The van der Waals surface area contributed by atoms with Crippen LogP contribution in [0.1, 0.15) is 12.0 Å². The summed E-state index contributed by atoms with van der Waals surface area (Å²) >= 11 is 5.21. The molecule has 2 heterocycles. The molecule has 1 atom stereocenters. The lowest BCUT2D eigenvalue weighted by molar-refractivity contribution is -0.121. The Labute approximate surface area is 101 Å². The summed E-state index contributed by atoms with van der Waals surface area (Å²) in [5, 5.41) is 2.07. The molecule has 15 heavy (non-hydrogen) atoms. The zero-order valence-electron chi connectivity index (χ0n) is 8.28. The Morgan fingerprint density at radius 3 is 3.07 bits per heavy atom. The van der Waals surface area contributed by atoms with Crippen LogP contribution in [0.3, 0.4) is 0 Å². The standard InChI is InChI=1S/C10H13BrN2OS/c11-9-7(2-4-15-9)5-13-3-1-8(6-13)10(12)14/h2,4,8H,1,3,5-6H2,(H2,12,14). The van der Waals surface area contributed by atoms with Gasteiger partial charge in [0, 0.05) is 13.1 Å². The molecule has 1 saturated heterocycles. The van der Waals surface area contributed by atoms with Crippen LogP contribution in [0.15, 0.2) is 15.2 Å². The zero-order chi connectivity index (χ0) is 10.8. The maximum atomic E-state index is 11.0. The predicted molar refractivity (Wildman–Crippen MR) is 64.6 cm³/mol. The fourth-order valence-electron chi connectivity index (χ4n) is 1.88. The summed E-state index contributed by atoms with van der Waals surface area (Å²) in [5.41, 5.74) is 6.59. The molecule has 1 aromatic heterocycles. The molecule has 0 radical (unpaired) electrons. The summed E-state index contributed by atoms with van der Waals surface area (Å²) < 4.78 is 1.19. The molecular formula is C10H13BrN2OS. The monoisotopic (exact) mass is 288 g/mol. The Balaban J connectivity index is 1.93. The van der Waals surface area contributed by atoms with Crippen LogP contribution >= 0.6 is 27.3 Å². The van der Waals surface area contributed by atoms with Crippen molar-refractivity contribution in [3.8, 4) is 0 Å². The van der Waals surface area contributed by atoms with Crippen molar-refractivity contribution in [2.24, 2.45) is 11.7 Å². The molecule has 0 aliphatic carbocycles. The second-order valence-electron chi connectivity index (χ2n) is 3.84. The number of amides is 1. The second-order valence-corrected chi connectivity index (χ2v) is 6.08. The van der Waals surface area contributed by atoms with Crippen molar-refractivity contribution in [2.75, 3.05) is 13.1 Å². The third kappa shape index (κ3) is 2.59. The highest BCUT2D eigenvalue weighted by atomic mass is 79.9. The molecule has 82 valence electrons. The fraction of sp³-hybridized carbons (Fsp3) is 0.500. The quantitative estimate of drug-likeness (QED) is 0.922. The van der Waals surface area contributed by atoms with Crippen LogP contribution in [-0.2, 0) is 11.3 Å². The van der Waals surface area contributed by atoms with Gasteiger partial charge in [-0.25, -0.2) is 0 Å². The third-order valence-electron chi connectivity index (χ3n) is 2.76. The molecule has 5 heteroatoms. The summed E-state index contributed by atoms with van der Waals surface area (Å²) in [6, 6.07) is 2.12. The van der Waals surface area contributed by atoms with Crippen LogP contribution in [0.5, 0.6) is 0 Å². The largest absolute Gasteiger partial charge is 0.369 e. The molecule has 2 rings (SSSR count). The molecule has 1 amide bonds. The smallest absolute Gasteiger partial charge is 0.221 e. The van der Waals surface area contributed by atoms with Gasteiger partial charge in [0.1, 0.15) is 0 Å². The van der Waals surface area contributed by atoms with Crippen LogP contribution in [0.2, 0.25) is 0 Å². The first-order valence-electron chi connectivity index (χ1n) is 4.90. The first-order valence-corrected chi connectivity index (χ1v) is 6.57. The lowest BCUT2D eigenvalue weighted by atomic mass is 10.1. The van der Waals surface area contributed by atoms with Gasteiger partial charge < -0.3 is 5.73 Å². The molecule has 3 nitrogen and oxygen atoms in total. The highest BCUT2D eigenvalue weighted by molar-refractivity contribution is 9.11. The van der Waals surface area contributed by atoms with E-state index in [0.717, 1.165) is 26.1 Å². The van der Waals surface area contributed by atoms with Crippen LogP contribution in [0, 0.1) is 5.92 Å². The Bertz CT molecular complexity index is 366. The second kappa shape index (κ2) is 4.63. The summed E-state index contributed by atoms with van der Waals surface area (Å²) in [4.78, 5) is 13.3. The first kappa shape index (κ1) is 11.1. The zero-order valence-corrected chi connectivity index (χ0v) is 10.7. The minimum absolute atomic E-state index is 0.0439. The van der Waals surface area contributed by atoms with E-state index in [4.69, 9.17) is 5.73 Å². The maximum absolute atomic E-state index is 11.0. The molecule has 0 saturated carbocycles. The summed E-state index contributed by atoms with van der Waals surface area (Å²) in [6.45, 7) is 2.68. The minimum Gasteiger partial charge on any atom is -0.369 e. The van der Waals surface area contributed by atoms with Crippen molar-refractivity contribution in [3.05, 3.63) is 20.8 Å². The average Bonchev–Trinajstić information content (AvgIpc) is 2.77. The Hall–Kier alpha value is -0.390. The van der Waals surface area contributed by atoms with Crippen molar-refractivity contribution in [1.29, 1.82) is 0 Å². The van der Waals surface area contributed by atoms with E-state index in [1.54, 1.807) is 11.3 Å². The lowest BCUT2D eigenvalue weighted by Crippen LogP contribution is -2.27. The van der Waals surface area contributed by atoms with E-state index in [2.05, 4.69) is 32.3 Å². The number of primary amides is 1. The number of hydrogen-bond acceptors (Lipinski definition) is 3. The first-order chi connectivity index (χ1) is 7.16. The molecular weight excluding hydrogens is 276 g/mol. The van der Waals surface area contributed by atoms with E-state index in [0.29, 0.717) is 0 Å². The lowest BCUT2D eigenvalue weighted by Gasteiger charge is -2.14. The number of carbonyl (C=O) groups excluding carboxylic acids is 1. The number of thiophene rings is 1. The number of hydrogen-bond donors (Lipinski definition) is 1. The molecule has 1 fully saturated rings. The van der Waals surface area contributed by atoms with Crippen molar-refractivity contribution >= 4 is 33.2 Å². The molecule has 1 aliphatic rings. The number of nitrogens with zero attached hydrogens (tertiary/aromatic N) is 1. The summed E-state index contributed by atoms with van der Waals surface area (Å²) in [5.74, 6) is -0.121. The van der Waals surface area contributed by atoms with Gasteiger partial charge >= 0.3 is 0 Å². The predicted octanol–water partition coefficient (Wildman–Crippen LogP) is 1.82. The van der Waals surface area contributed by atoms with Gasteiger partial charge in [0.15, 0.2) is 0 Å². The van der Waals surface area contributed by atoms with Gasteiger partial charge in [0.25, 0.3) is 0 Å². The normalized spacial score (nSPS) is 22.1. The molecule has 2 N–H and O–H groups in total. The Morgan fingerprint density at radius 1 is 1.73 bits per heavy atom. The summed E-state index contributed by atoms with van der Waals surface area (Å²) in [7, 11) is 0. The molecule has 1 unspecified atom stereocenters. The SMILES string of the molecule is NC(=O)C1CCN(Cc2ccsc2Br)C1. The van der Waals surface area contributed by atoms with E-state index in [-0.39, 0.29) is 11.8 Å². The Morgan fingerprint density at radius 2 is 2.53 bits per heavy atom. The van der Waals surface area contributed by atoms with Crippen molar-refractivity contribution in [1.82, 2.24) is 4.90 Å². The van der Waals surface area contributed by atoms with Gasteiger partial charge in [-0.2, -0.15) is 0 Å². The van der Waals surface area contributed by atoms with E-state index in [9.17, 15) is 4.79 Å². The average molecular weight is 289 g/mol. The maximum Gasteiger partial charge on any atom is 0.221 e. The number of rotatable bonds is 3. The van der Waals surface area contributed by atoms with Crippen LogP contribution in [-0.4, -0.2) is 23.9 Å². The van der Waals surface area contributed by atoms with E-state index in [1.807, 2.05) is 0 Å². The van der Waals surface area contributed by atoms with Crippen LogP contribution < -0.4 is 5.73 Å². The van der Waals surface area contributed by atoms with Crippen molar-refractivity contribution < 1.29 is 4.79 Å². The number of halogens is 1. The van der Waals surface area contributed by atoms with Crippen molar-refractivity contribution in [2.45, 2.75) is 13.0 Å². The van der Waals surface area contributed by atoms with Crippen LogP contribution in [0.25, 0.3) is 0 Å². The molecule has 1 aromatic rings. The number of nitrogens with two attached hydrogens (primary N) is 1. The molecule has 0 spiro atoms. The topological polar surface area (TPSA) is 46.3 Å². The number of likely N-dealkylation sites (tertiary alicyclic amines) is 1. The third-order valence-corrected chi connectivity index (χ3v) is 4.57.